The van der Waals surface area contributed by atoms with E-state index in [2.05, 4.69) is 16.0 Å². The molecule has 2 heterocycles. The molecule has 11 nitrogen and oxygen atoms in total. The van der Waals surface area contributed by atoms with E-state index in [0.29, 0.717) is 22.8 Å². The van der Waals surface area contributed by atoms with Gasteiger partial charge in [0.05, 0.1) is 24.0 Å². The molecule has 3 aromatic rings. The number of methoxy groups -OCH3 is 1. The van der Waals surface area contributed by atoms with Gasteiger partial charge in [0.25, 0.3) is 17.5 Å². The molecule has 4 rings (SSSR count). The highest BCUT2D eigenvalue weighted by molar-refractivity contribution is 7.80. The number of furan rings is 1. The van der Waals surface area contributed by atoms with Crippen LogP contribution < -0.4 is 25.6 Å². The average Bonchev–Trinajstić information content (AvgIpc) is 3.45. The predicted molar refractivity (Wildman–Crippen MR) is 143 cm³/mol. The van der Waals surface area contributed by atoms with Crippen LogP contribution in [0.5, 0.6) is 5.75 Å². The third kappa shape index (κ3) is 6.22. The van der Waals surface area contributed by atoms with Crippen molar-refractivity contribution in [2.75, 3.05) is 35.7 Å². The van der Waals surface area contributed by atoms with E-state index in [1.165, 1.54) is 25.5 Å². The van der Waals surface area contributed by atoms with Gasteiger partial charge >= 0.3 is 0 Å². The van der Waals surface area contributed by atoms with Crippen LogP contribution in [-0.2, 0) is 0 Å². The lowest BCUT2D eigenvalue weighted by Gasteiger charge is -2.28. The van der Waals surface area contributed by atoms with E-state index >= 15 is 0 Å². The summed E-state index contributed by atoms with van der Waals surface area (Å²) in [5.74, 6) is -0.521. The summed E-state index contributed by atoms with van der Waals surface area (Å²) in [5, 5.41) is 19.8. The molecule has 0 unspecified atom stereocenters. The van der Waals surface area contributed by atoms with Crippen molar-refractivity contribution in [3.05, 3.63) is 76.2 Å². The number of carbonyl (C=O) groups excluding carboxylic acids is 2. The lowest BCUT2D eigenvalue weighted by atomic mass is 10.1. The molecular weight excluding hydrogens is 498 g/mol. The van der Waals surface area contributed by atoms with Crippen molar-refractivity contribution in [1.82, 2.24) is 5.32 Å². The lowest BCUT2D eigenvalue weighted by molar-refractivity contribution is -0.384. The standard InChI is InChI=1S/C25H25N5O6S/c1-35-22-15-17(8-9-18(22)27-24(32)21-6-5-13-36-21)26-25(37)28-23(31)16-7-10-19(20(14-16)30(33)34)29-11-3-2-4-12-29/h5-10,13-15H,2-4,11-12H2,1H3,(H,27,32)(H2,26,28,31,37). The maximum Gasteiger partial charge on any atom is 0.293 e. The Hall–Kier alpha value is -4.45. The molecule has 0 saturated carbocycles. The van der Waals surface area contributed by atoms with Crippen molar-refractivity contribution in [3.63, 3.8) is 0 Å². The van der Waals surface area contributed by atoms with Crippen LogP contribution in [0.25, 0.3) is 0 Å². The van der Waals surface area contributed by atoms with Crippen molar-refractivity contribution >= 4 is 51.9 Å². The Kier molecular flexibility index (Phi) is 7.98. The fourth-order valence-electron chi connectivity index (χ4n) is 4.01. The van der Waals surface area contributed by atoms with Gasteiger partial charge in [0.1, 0.15) is 11.4 Å². The summed E-state index contributed by atoms with van der Waals surface area (Å²) in [4.78, 5) is 38.2. The lowest BCUT2D eigenvalue weighted by Crippen LogP contribution is -2.34. The summed E-state index contributed by atoms with van der Waals surface area (Å²) in [6, 6.07) is 12.4. The monoisotopic (exact) mass is 523 g/mol. The number of rotatable bonds is 7. The van der Waals surface area contributed by atoms with Crippen molar-refractivity contribution in [2.45, 2.75) is 19.3 Å². The maximum atomic E-state index is 12.8. The van der Waals surface area contributed by atoms with E-state index in [1.807, 2.05) is 4.90 Å². The molecule has 0 aliphatic carbocycles. The number of nitro groups is 1. The van der Waals surface area contributed by atoms with Crippen LogP contribution in [0.2, 0.25) is 0 Å². The molecule has 0 bridgehead atoms. The third-order valence-electron chi connectivity index (χ3n) is 5.81. The first-order valence-corrected chi connectivity index (χ1v) is 11.9. The van der Waals surface area contributed by atoms with Crippen molar-refractivity contribution in [1.29, 1.82) is 0 Å². The molecule has 2 amide bonds. The van der Waals surface area contributed by atoms with Crippen molar-refractivity contribution in [2.24, 2.45) is 0 Å². The third-order valence-corrected chi connectivity index (χ3v) is 6.01. The Labute approximate surface area is 217 Å². The van der Waals surface area contributed by atoms with Gasteiger partial charge in [-0.05, 0) is 67.9 Å². The SMILES string of the molecule is COc1cc(NC(=S)NC(=O)c2ccc(N3CCCCC3)c([N+](=O)[O-])c2)ccc1NC(=O)c1ccco1. The number of hydrogen-bond donors (Lipinski definition) is 3. The number of nitrogens with one attached hydrogen (secondary N) is 3. The van der Waals surface area contributed by atoms with Crippen LogP contribution in [0.1, 0.15) is 40.2 Å². The molecule has 37 heavy (non-hydrogen) atoms. The van der Waals surface area contributed by atoms with Gasteiger partial charge in [-0.2, -0.15) is 0 Å². The van der Waals surface area contributed by atoms with Gasteiger partial charge in [-0.3, -0.25) is 25.0 Å². The zero-order valence-corrected chi connectivity index (χ0v) is 20.8. The number of carbonyl (C=O) groups is 2. The summed E-state index contributed by atoms with van der Waals surface area (Å²) in [5.41, 5.74) is 1.40. The van der Waals surface area contributed by atoms with Crippen LogP contribution in [-0.4, -0.2) is 42.0 Å². The summed E-state index contributed by atoms with van der Waals surface area (Å²) in [6.45, 7) is 1.49. The number of hydrogen-bond acceptors (Lipinski definition) is 8. The van der Waals surface area contributed by atoms with E-state index in [4.69, 9.17) is 21.4 Å². The number of thiocarbonyl (C=S) groups is 1. The van der Waals surface area contributed by atoms with Crippen molar-refractivity contribution < 1.29 is 23.7 Å². The van der Waals surface area contributed by atoms with Gasteiger partial charge in [0.15, 0.2) is 10.9 Å². The van der Waals surface area contributed by atoms with Crippen LogP contribution in [0.4, 0.5) is 22.7 Å². The highest BCUT2D eigenvalue weighted by Gasteiger charge is 2.23. The van der Waals surface area contributed by atoms with Gasteiger partial charge in [0.2, 0.25) is 0 Å². The fourth-order valence-corrected chi connectivity index (χ4v) is 4.23. The van der Waals surface area contributed by atoms with Gasteiger partial charge < -0.3 is 24.7 Å². The zero-order valence-electron chi connectivity index (χ0n) is 20.0. The second-order valence-corrected chi connectivity index (χ2v) is 8.67. The fraction of sp³-hybridized carbons (Fsp3) is 0.240. The predicted octanol–water partition coefficient (Wildman–Crippen LogP) is 4.57. The Balaban J connectivity index is 1.42. The molecule has 0 spiro atoms. The summed E-state index contributed by atoms with van der Waals surface area (Å²) in [6.07, 6.45) is 4.45. The Bertz CT molecular complexity index is 1320. The highest BCUT2D eigenvalue weighted by atomic mass is 32.1. The average molecular weight is 524 g/mol. The Morgan fingerprint density at radius 3 is 2.51 bits per heavy atom. The first-order chi connectivity index (χ1) is 17.9. The van der Waals surface area contributed by atoms with Crippen LogP contribution in [0.15, 0.2) is 59.2 Å². The minimum Gasteiger partial charge on any atom is -0.494 e. The first-order valence-electron chi connectivity index (χ1n) is 11.5. The molecule has 3 N–H and O–H groups in total. The van der Waals surface area contributed by atoms with E-state index in [9.17, 15) is 19.7 Å². The molecule has 1 aliphatic rings. The summed E-state index contributed by atoms with van der Waals surface area (Å²) in [7, 11) is 1.45. The molecule has 12 heteroatoms. The molecule has 2 aromatic carbocycles. The summed E-state index contributed by atoms with van der Waals surface area (Å²) < 4.78 is 10.4. The van der Waals surface area contributed by atoms with Crippen LogP contribution in [0, 0.1) is 10.1 Å². The second-order valence-electron chi connectivity index (χ2n) is 8.26. The van der Waals surface area contributed by atoms with Crippen LogP contribution >= 0.6 is 12.2 Å². The first kappa shape index (κ1) is 25.6. The zero-order chi connectivity index (χ0) is 26.4. The Morgan fingerprint density at radius 1 is 1.05 bits per heavy atom. The molecular formula is C25H25N5O6S. The minimum atomic E-state index is -0.583. The number of benzene rings is 2. The van der Waals surface area contributed by atoms with Gasteiger partial charge in [-0.15, -0.1) is 0 Å². The van der Waals surface area contributed by atoms with E-state index in [1.54, 1.807) is 36.4 Å². The molecule has 0 atom stereocenters. The molecule has 1 fully saturated rings. The maximum absolute atomic E-state index is 12.8. The van der Waals surface area contributed by atoms with Gasteiger partial charge in [0, 0.05) is 36.5 Å². The molecule has 1 saturated heterocycles. The highest BCUT2D eigenvalue weighted by Crippen LogP contribution is 2.31. The van der Waals surface area contributed by atoms with E-state index < -0.39 is 16.7 Å². The molecule has 0 radical (unpaired) electrons. The number of nitrogens with zero attached hydrogens (tertiary/aromatic N) is 2. The van der Waals surface area contributed by atoms with Gasteiger partial charge in [-0.1, -0.05) is 0 Å². The minimum absolute atomic E-state index is 0.0119. The normalized spacial score (nSPS) is 12.9. The number of piperidine rings is 1. The topological polar surface area (TPSA) is 139 Å². The second kappa shape index (κ2) is 11.5. The molecule has 192 valence electrons. The number of amides is 2. The number of ether oxygens (including phenoxy) is 1. The quantitative estimate of drug-likeness (QED) is 0.231. The number of anilines is 3. The summed E-state index contributed by atoms with van der Waals surface area (Å²) >= 11 is 5.25. The molecule has 1 aromatic heterocycles. The van der Waals surface area contributed by atoms with E-state index in [0.717, 1.165) is 32.4 Å². The van der Waals surface area contributed by atoms with Gasteiger partial charge in [-0.25, -0.2) is 0 Å². The van der Waals surface area contributed by atoms with Crippen molar-refractivity contribution in [3.8, 4) is 5.75 Å². The van der Waals surface area contributed by atoms with E-state index in [-0.39, 0.29) is 22.1 Å². The molecule has 1 aliphatic heterocycles. The Morgan fingerprint density at radius 2 is 1.84 bits per heavy atom. The smallest absolute Gasteiger partial charge is 0.293 e. The largest absolute Gasteiger partial charge is 0.494 e. The number of nitro benzene ring substituents is 1. The van der Waals surface area contributed by atoms with Crippen LogP contribution in [0.3, 0.4) is 0 Å².